The van der Waals surface area contributed by atoms with Gasteiger partial charge in [-0.05, 0) is 42.2 Å². The van der Waals surface area contributed by atoms with Gasteiger partial charge in [-0.25, -0.2) is 4.98 Å². The average Bonchev–Trinajstić information content (AvgIpc) is 3.55. The number of aromatic nitrogens is 1. The summed E-state index contributed by atoms with van der Waals surface area (Å²) < 4.78 is 5.12. The molecule has 1 aliphatic heterocycles. The van der Waals surface area contributed by atoms with Gasteiger partial charge >= 0.3 is 0 Å². The smallest absolute Gasteiger partial charge is 0.260 e. The summed E-state index contributed by atoms with van der Waals surface area (Å²) in [5, 5.41) is 23.9. The van der Waals surface area contributed by atoms with Crippen molar-refractivity contribution in [2.75, 3.05) is 19.0 Å². The third-order valence-electron chi connectivity index (χ3n) is 6.27. The topological polar surface area (TPSA) is 91.7 Å². The molecule has 1 aromatic heterocycles. The second kappa shape index (κ2) is 7.65. The minimum Gasteiger partial charge on any atom is -0.506 e. The number of ether oxygens (including phenoxy) is 1. The Morgan fingerprint density at radius 1 is 1.16 bits per heavy atom. The summed E-state index contributed by atoms with van der Waals surface area (Å²) in [7, 11) is 1.49. The molecule has 2 aromatic carbocycles. The van der Waals surface area contributed by atoms with Gasteiger partial charge in [-0.1, -0.05) is 35.9 Å². The van der Waals surface area contributed by atoms with Crippen LogP contribution in [0.25, 0.3) is 22.5 Å². The van der Waals surface area contributed by atoms with E-state index >= 15 is 0 Å². The molecule has 3 N–H and O–H groups in total. The predicted octanol–water partition coefficient (Wildman–Crippen LogP) is 4.81. The lowest BCUT2D eigenvalue weighted by Crippen LogP contribution is -2.11. The normalized spacial score (nSPS) is 17.5. The van der Waals surface area contributed by atoms with Crippen LogP contribution in [-0.2, 0) is 10.2 Å². The van der Waals surface area contributed by atoms with Crippen molar-refractivity contribution in [2.24, 2.45) is 0 Å². The molecule has 0 saturated heterocycles. The fourth-order valence-electron chi connectivity index (χ4n) is 4.15. The molecule has 32 heavy (non-hydrogen) atoms. The molecule has 7 heteroatoms. The van der Waals surface area contributed by atoms with E-state index in [1.807, 2.05) is 30.3 Å². The lowest BCUT2D eigenvalue weighted by Gasteiger charge is -2.14. The lowest BCUT2D eigenvalue weighted by atomic mass is 9.93. The lowest BCUT2D eigenvalue weighted by molar-refractivity contribution is -0.110. The SMILES string of the molecule is COc1cc(/C(O)=C2\C(=O)Nc3cc(Cl)c(-c4ccc(C5(CO)CC5)cc4)cc32)ccn1. The largest absolute Gasteiger partial charge is 0.506 e. The van der Waals surface area contributed by atoms with Gasteiger partial charge in [0.05, 0.1) is 30.0 Å². The molecule has 162 valence electrons. The fraction of sp³-hybridized carbons (Fsp3) is 0.200. The summed E-state index contributed by atoms with van der Waals surface area (Å²) in [4.78, 5) is 16.8. The molecule has 0 unspecified atom stereocenters. The number of amides is 1. The number of nitrogens with one attached hydrogen (secondary N) is 1. The molecule has 0 atom stereocenters. The third-order valence-corrected chi connectivity index (χ3v) is 6.58. The van der Waals surface area contributed by atoms with E-state index < -0.39 is 5.91 Å². The van der Waals surface area contributed by atoms with Crippen molar-refractivity contribution in [2.45, 2.75) is 18.3 Å². The molecule has 3 aromatic rings. The van der Waals surface area contributed by atoms with E-state index in [9.17, 15) is 15.0 Å². The molecule has 0 bridgehead atoms. The maximum atomic E-state index is 12.7. The number of hydrogen-bond donors (Lipinski definition) is 3. The van der Waals surface area contributed by atoms with Crippen LogP contribution in [0, 0.1) is 0 Å². The van der Waals surface area contributed by atoms with Crippen molar-refractivity contribution in [1.29, 1.82) is 0 Å². The first-order chi connectivity index (χ1) is 15.5. The number of rotatable bonds is 5. The average molecular weight is 449 g/mol. The number of fused-ring (bicyclic) bond motifs is 1. The van der Waals surface area contributed by atoms with Gasteiger partial charge in [0.2, 0.25) is 5.88 Å². The summed E-state index contributed by atoms with van der Waals surface area (Å²) in [5.41, 5.74) is 4.35. The highest BCUT2D eigenvalue weighted by Crippen LogP contribution is 2.48. The Kier molecular flexibility index (Phi) is 4.92. The first-order valence-corrected chi connectivity index (χ1v) is 10.6. The highest BCUT2D eigenvalue weighted by Gasteiger charge is 2.43. The van der Waals surface area contributed by atoms with Crippen LogP contribution >= 0.6 is 11.6 Å². The van der Waals surface area contributed by atoms with E-state index in [2.05, 4.69) is 10.3 Å². The van der Waals surface area contributed by atoms with Gasteiger partial charge in [-0.15, -0.1) is 0 Å². The summed E-state index contributed by atoms with van der Waals surface area (Å²) in [5.74, 6) is -0.235. The van der Waals surface area contributed by atoms with E-state index in [1.165, 1.54) is 13.3 Å². The quantitative estimate of drug-likeness (QED) is 0.384. The summed E-state index contributed by atoms with van der Waals surface area (Å²) in [6, 6.07) is 14.7. The van der Waals surface area contributed by atoms with Crippen LogP contribution in [0.15, 0.2) is 54.7 Å². The molecule has 1 aliphatic carbocycles. The van der Waals surface area contributed by atoms with Crippen molar-refractivity contribution in [3.8, 4) is 17.0 Å². The number of pyridine rings is 1. The zero-order valence-corrected chi connectivity index (χ0v) is 18.1. The molecule has 2 aliphatic rings. The zero-order chi connectivity index (χ0) is 22.5. The number of anilines is 1. The van der Waals surface area contributed by atoms with Crippen LogP contribution in [0.4, 0.5) is 5.69 Å². The molecular formula is C25H21ClN2O4. The van der Waals surface area contributed by atoms with Gasteiger partial charge in [0.15, 0.2) is 0 Å². The van der Waals surface area contributed by atoms with Gasteiger partial charge < -0.3 is 20.3 Å². The standard InChI is InChI=1S/C25H21ClN2O4/c1-32-21-10-15(6-9-27-21)23(30)22-18-11-17(19(26)12-20(18)28-24(22)31)14-2-4-16(5-3-14)25(13-29)7-8-25/h2-6,9-12,29-30H,7-8,13H2,1H3,(H,28,31)/b23-22+. The summed E-state index contributed by atoms with van der Waals surface area (Å²) in [6.07, 6.45) is 3.49. The minimum atomic E-state index is -0.407. The number of aliphatic hydroxyl groups excluding tert-OH is 2. The first-order valence-electron chi connectivity index (χ1n) is 10.3. The molecule has 0 spiro atoms. The van der Waals surface area contributed by atoms with E-state index in [0.29, 0.717) is 27.7 Å². The van der Waals surface area contributed by atoms with Crippen LogP contribution < -0.4 is 10.1 Å². The Bertz CT molecular complexity index is 1260. The molecule has 5 rings (SSSR count). The fourth-order valence-corrected chi connectivity index (χ4v) is 4.42. The van der Waals surface area contributed by atoms with Crippen molar-refractivity contribution in [3.05, 3.63) is 76.4 Å². The molecule has 0 radical (unpaired) electrons. The minimum absolute atomic E-state index is 0.107. The van der Waals surface area contributed by atoms with Crippen molar-refractivity contribution in [1.82, 2.24) is 4.98 Å². The number of carbonyl (C=O) groups is 1. The highest BCUT2D eigenvalue weighted by molar-refractivity contribution is 6.38. The summed E-state index contributed by atoms with van der Waals surface area (Å²) in [6.45, 7) is 0.146. The Morgan fingerprint density at radius 2 is 1.91 bits per heavy atom. The van der Waals surface area contributed by atoms with Crippen LogP contribution in [0.2, 0.25) is 5.02 Å². The van der Waals surface area contributed by atoms with Crippen molar-refractivity contribution >= 4 is 34.5 Å². The highest BCUT2D eigenvalue weighted by atomic mass is 35.5. The number of aliphatic hydroxyl groups is 2. The Balaban J connectivity index is 1.58. The molecule has 2 heterocycles. The van der Waals surface area contributed by atoms with Crippen LogP contribution in [0.1, 0.15) is 29.5 Å². The van der Waals surface area contributed by atoms with E-state index in [-0.39, 0.29) is 23.4 Å². The predicted molar refractivity (Wildman–Crippen MR) is 124 cm³/mol. The van der Waals surface area contributed by atoms with E-state index in [1.54, 1.807) is 18.2 Å². The Labute approximate surface area is 190 Å². The van der Waals surface area contributed by atoms with Gasteiger partial charge in [-0.3, -0.25) is 4.79 Å². The maximum Gasteiger partial charge on any atom is 0.260 e. The molecule has 6 nitrogen and oxygen atoms in total. The number of hydrogen-bond acceptors (Lipinski definition) is 5. The molecule has 1 saturated carbocycles. The van der Waals surface area contributed by atoms with Gasteiger partial charge in [0.25, 0.3) is 5.91 Å². The zero-order valence-electron chi connectivity index (χ0n) is 17.4. The maximum absolute atomic E-state index is 12.7. The number of halogens is 1. The van der Waals surface area contributed by atoms with Crippen LogP contribution in [-0.4, -0.2) is 34.8 Å². The van der Waals surface area contributed by atoms with Gasteiger partial charge in [0.1, 0.15) is 5.76 Å². The van der Waals surface area contributed by atoms with E-state index in [4.69, 9.17) is 16.3 Å². The number of carbonyl (C=O) groups excluding carboxylic acids is 1. The molecular weight excluding hydrogens is 428 g/mol. The summed E-state index contributed by atoms with van der Waals surface area (Å²) >= 11 is 6.55. The van der Waals surface area contributed by atoms with E-state index in [0.717, 1.165) is 29.5 Å². The second-order valence-corrected chi connectivity index (χ2v) is 8.57. The molecule has 1 fully saturated rings. The van der Waals surface area contributed by atoms with Crippen molar-refractivity contribution < 1.29 is 19.7 Å². The Morgan fingerprint density at radius 3 is 2.56 bits per heavy atom. The van der Waals surface area contributed by atoms with Gasteiger partial charge in [-0.2, -0.15) is 0 Å². The second-order valence-electron chi connectivity index (χ2n) is 8.16. The number of benzene rings is 2. The number of methoxy groups -OCH3 is 1. The monoisotopic (exact) mass is 448 g/mol. The van der Waals surface area contributed by atoms with Gasteiger partial charge in [0, 0.05) is 34.4 Å². The molecule has 1 amide bonds. The first kappa shape index (κ1) is 20.5. The number of nitrogens with zero attached hydrogens (tertiary/aromatic N) is 1. The van der Waals surface area contributed by atoms with Crippen LogP contribution in [0.5, 0.6) is 5.88 Å². The Hall–Kier alpha value is -3.35. The van der Waals surface area contributed by atoms with Crippen LogP contribution in [0.3, 0.4) is 0 Å². The third kappa shape index (κ3) is 3.32. The van der Waals surface area contributed by atoms with Crippen molar-refractivity contribution in [3.63, 3.8) is 0 Å².